The third kappa shape index (κ3) is 1.86. The van der Waals surface area contributed by atoms with Gasteiger partial charge in [-0.05, 0) is 13.0 Å². The van der Waals surface area contributed by atoms with Crippen molar-refractivity contribution in [3.63, 3.8) is 0 Å². The van der Waals surface area contributed by atoms with E-state index in [1.165, 1.54) is 6.07 Å². The number of hydrogen-bond donors (Lipinski definition) is 1. The first kappa shape index (κ1) is 7.91. The van der Waals surface area contributed by atoms with E-state index in [1.807, 2.05) is 0 Å². The molecule has 0 bridgehead atoms. The SMILES string of the molecule is Cc1cc(C(F)F)cc(=O)[nH]1. The fourth-order valence-electron chi connectivity index (χ4n) is 0.836. The Morgan fingerprint density at radius 2 is 2.09 bits per heavy atom. The molecule has 0 atom stereocenters. The number of pyridine rings is 1. The Morgan fingerprint density at radius 3 is 2.55 bits per heavy atom. The number of halogens is 2. The van der Waals surface area contributed by atoms with Crippen LogP contribution in [-0.2, 0) is 0 Å². The van der Waals surface area contributed by atoms with E-state index in [2.05, 4.69) is 4.98 Å². The lowest BCUT2D eigenvalue weighted by molar-refractivity contribution is 0.151. The molecule has 11 heavy (non-hydrogen) atoms. The van der Waals surface area contributed by atoms with Gasteiger partial charge in [0.1, 0.15) is 0 Å². The van der Waals surface area contributed by atoms with E-state index in [4.69, 9.17) is 0 Å². The highest BCUT2D eigenvalue weighted by atomic mass is 19.3. The van der Waals surface area contributed by atoms with Gasteiger partial charge in [0.25, 0.3) is 6.43 Å². The van der Waals surface area contributed by atoms with Gasteiger partial charge < -0.3 is 4.98 Å². The predicted octanol–water partition coefficient (Wildman–Crippen LogP) is 1.62. The normalized spacial score (nSPS) is 10.5. The van der Waals surface area contributed by atoms with Crippen molar-refractivity contribution in [2.75, 3.05) is 0 Å². The molecule has 0 fully saturated rings. The molecule has 0 saturated heterocycles. The van der Waals surface area contributed by atoms with E-state index < -0.39 is 12.0 Å². The van der Waals surface area contributed by atoms with Crippen LogP contribution in [0.3, 0.4) is 0 Å². The summed E-state index contributed by atoms with van der Waals surface area (Å²) in [6, 6.07) is 2.16. The zero-order valence-electron chi connectivity index (χ0n) is 5.90. The van der Waals surface area contributed by atoms with Gasteiger partial charge in [-0.25, -0.2) is 8.78 Å². The van der Waals surface area contributed by atoms with Gasteiger partial charge in [-0.2, -0.15) is 0 Å². The Balaban J connectivity index is 3.19. The minimum absolute atomic E-state index is 0.230. The summed E-state index contributed by atoms with van der Waals surface area (Å²) in [5, 5.41) is 0. The van der Waals surface area contributed by atoms with Gasteiger partial charge >= 0.3 is 0 Å². The van der Waals surface area contributed by atoms with Crippen molar-refractivity contribution in [3.05, 3.63) is 33.7 Å². The molecule has 0 unspecified atom stereocenters. The third-order valence-electron chi connectivity index (χ3n) is 1.25. The molecule has 0 aromatic carbocycles. The Kier molecular flexibility index (Phi) is 2.03. The molecule has 1 aromatic rings. The standard InChI is InChI=1S/C7H7F2NO/c1-4-2-5(7(8)9)3-6(11)10-4/h2-3,7H,1H3,(H,10,11). The molecule has 1 heterocycles. The van der Waals surface area contributed by atoms with Gasteiger partial charge in [0.2, 0.25) is 5.56 Å². The van der Waals surface area contributed by atoms with Gasteiger partial charge in [0.15, 0.2) is 0 Å². The summed E-state index contributed by atoms with van der Waals surface area (Å²) in [6.45, 7) is 1.56. The molecular formula is C7H7F2NO. The number of rotatable bonds is 1. The van der Waals surface area contributed by atoms with E-state index in [0.717, 1.165) is 6.07 Å². The van der Waals surface area contributed by atoms with Crippen LogP contribution in [0.25, 0.3) is 0 Å². The first-order valence-electron chi connectivity index (χ1n) is 3.08. The van der Waals surface area contributed by atoms with E-state index in [-0.39, 0.29) is 5.56 Å². The average molecular weight is 159 g/mol. The van der Waals surface area contributed by atoms with Crippen molar-refractivity contribution in [3.8, 4) is 0 Å². The lowest BCUT2D eigenvalue weighted by atomic mass is 10.2. The van der Waals surface area contributed by atoms with Gasteiger partial charge in [-0.3, -0.25) is 4.79 Å². The van der Waals surface area contributed by atoms with Crippen LogP contribution >= 0.6 is 0 Å². The predicted molar refractivity (Wildman–Crippen MR) is 36.8 cm³/mol. The summed E-state index contributed by atoms with van der Waals surface area (Å²) in [6.07, 6.45) is -2.57. The highest BCUT2D eigenvalue weighted by Gasteiger charge is 2.07. The van der Waals surface area contributed by atoms with E-state index >= 15 is 0 Å². The van der Waals surface area contributed by atoms with Gasteiger partial charge in [0, 0.05) is 17.3 Å². The van der Waals surface area contributed by atoms with Crippen molar-refractivity contribution in [1.82, 2.24) is 4.98 Å². The Bertz CT molecular complexity index is 306. The molecule has 0 amide bonds. The van der Waals surface area contributed by atoms with Gasteiger partial charge in [-0.15, -0.1) is 0 Å². The number of H-pyrrole nitrogens is 1. The molecule has 0 spiro atoms. The van der Waals surface area contributed by atoms with E-state index in [1.54, 1.807) is 6.92 Å². The topological polar surface area (TPSA) is 32.9 Å². The van der Waals surface area contributed by atoms with Crippen LogP contribution in [0.15, 0.2) is 16.9 Å². The fraction of sp³-hybridized carbons (Fsp3) is 0.286. The molecule has 0 saturated carbocycles. The Labute approximate surface area is 61.9 Å². The minimum atomic E-state index is -2.57. The monoisotopic (exact) mass is 159 g/mol. The van der Waals surface area contributed by atoms with Crippen LogP contribution in [0.5, 0.6) is 0 Å². The van der Waals surface area contributed by atoms with Crippen molar-refractivity contribution >= 4 is 0 Å². The number of alkyl halides is 2. The van der Waals surface area contributed by atoms with Crippen LogP contribution in [0.2, 0.25) is 0 Å². The highest BCUT2D eigenvalue weighted by Crippen LogP contribution is 2.16. The molecular weight excluding hydrogens is 152 g/mol. The second kappa shape index (κ2) is 2.82. The van der Waals surface area contributed by atoms with Crippen molar-refractivity contribution in [2.24, 2.45) is 0 Å². The van der Waals surface area contributed by atoms with Crippen LogP contribution in [0, 0.1) is 6.92 Å². The van der Waals surface area contributed by atoms with Crippen LogP contribution in [-0.4, -0.2) is 4.98 Å². The molecule has 1 rings (SSSR count). The van der Waals surface area contributed by atoms with Crippen molar-refractivity contribution in [2.45, 2.75) is 13.3 Å². The first-order chi connectivity index (χ1) is 5.09. The van der Waals surface area contributed by atoms with Gasteiger partial charge in [0.05, 0.1) is 0 Å². The molecule has 0 aliphatic heterocycles. The molecule has 2 nitrogen and oxygen atoms in total. The molecule has 1 N–H and O–H groups in total. The van der Waals surface area contributed by atoms with Crippen molar-refractivity contribution in [1.29, 1.82) is 0 Å². The fourth-order valence-corrected chi connectivity index (χ4v) is 0.836. The van der Waals surface area contributed by atoms with Crippen LogP contribution < -0.4 is 5.56 Å². The second-order valence-electron chi connectivity index (χ2n) is 2.26. The summed E-state index contributed by atoms with van der Waals surface area (Å²) >= 11 is 0. The Hall–Kier alpha value is -1.19. The summed E-state index contributed by atoms with van der Waals surface area (Å²) in [4.78, 5) is 13.0. The molecule has 0 aliphatic carbocycles. The molecule has 0 radical (unpaired) electrons. The lowest BCUT2D eigenvalue weighted by Gasteiger charge is -1.98. The number of hydrogen-bond acceptors (Lipinski definition) is 1. The zero-order chi connectivity index (χ0) is 8.43. The van der Waals surface area contributed by atoms with E-state index in [9.17, 15) is 13.6 Å². The molecule has 60 valence electrons. The maximum atomic E-state index is 12.0. The van der Waals surface area contributed by atoms with Crippen LogP contribution in [0.1, 0.15) is 17.7 Å². The Morgan fingerprint density at radius 1 is 1.45 bits per heavy atom. The summed E-state index contributed by atoms with van der Waals surface area (Å²) < 4.78 is 23.9. The number of aryl methyl sites for hydroxylation is 1. The first-order valence-corrected chi connectivity index (χ1v) is 3.08. The number of nitrogens with one attached hydrogen (secondary N) is 1. The minimum Gasteiger partial charge on any atom is -0.326 e. The smallest absolute Gasteiger partial charge is 0.264 e. The zero-order valence-corrected chi connectivity index (χ0v) is 5.90. The van der Waals surface area contributed by atoms with Gasteiger partial charge in [-0.1, -0.05) is 0 Å². The van der Waals surface area contributed by atoms with Crippen LogP contribution in [0.4, 0.5) is 8.78 Å². The largest absolute Gasteiger partial charge is 0.326 e. The molecule has 1 aromatic heterocycles. The lowest BCUT2D eigenvalue weighted by Crippen LogP contribution is -2.07. The number of aromatic nitrogens is 1. The highest BCUT2D eigenvalue weighted by molar-refractivity contribution is 5.16. The molecule has 0 aliphatic rings. The maximum absolute atomic E-state index is 12.0. The maximum Gasteiger partial charge on any atom is 0.264 e. The van der Waals surface area contributed by atoms with Crippen molar-refractivity contribution < 1.29 is 8.78 Å². The third-order valence-corrected chi connectivity index (χ3v) is 1.25. The quantitative estimate of drug-likeness (QED) is 0.663. The van der Waals surface area contributed by atoms with E-state index in [0.29, 0.717) is 5.69 Å². The summed E-state index contributed by atoms with van der Waals surface area (Å²) in [5.41, 5.74) is -0.264. The number of aromatic amines is 1. The molecule has 4 heteroatoms. The second-order valence-corrected chi connectivity index (χ2v) is 2.26. The summed E-state index contributed by atoms with van der Waals surface area (Å²) in [7, 11) is 0. The average Bonchev–Trinajstić information content (AvgIpc) is 1.85. The summed E-state index contributed by atoms with van der Waals surface area (Å²) in [5.74, 6) is 0.